The molecule has 144 valence electrons. The number of methoxy groups -OCH3 is 1. The fraction of sp³-hybridized carbons (Fsp3) is 0.263. The number of alkyl halides is 2. The summed E-state index contributed by atoms with van der Waals surface area (Å²) in [5.74, 6) is -0.447. The molecule has 8 heteroatoms. The lowest BCUT2D eigenvalue weighted by Gasteiger charge is -2.20. The molecule has 0 aliphatic carbocycles. The SMILES string of the molecule is COC(=O)NC(=O)[C@H](C)[NH2+][C@H](c1ccccc1)c1ccc(OC(F)F)cc1. The minimum atomic E-state index is -2.89. The molecule has 0 spiro atoms. The Morgan fingerprint density at radius 3 is 2.15 bits per heavy atom. The van der Waals surface area contributed by atoms with Crippen molar-refractivity contribution in [3.63, 3.8) is 0 Å². The Bertz CT molecular complexity index is 754. The molecule has 0 saturated heterocycles. The average molecular weight is 379 g/mol. The number of ether oxygens (including phenoxy) is 2. The third kappa shape index (κ3) is 6.03. The minimum absolute atomic E-state index is 0.0528. The van der Waals surface area contributed by atoms with Crippen molar-refractivity contribution in [2.45, 2.75) is 25.6 Å². The van der Waals surface area contributed by atoms with Gasteiger partial charge in [0.1, 0.15) is 11.8 Å². The highest BCUT2D eigenvalue weighted by atomic mass is 19.3. The third-order valence-electron chi connectivity index (χ3n) is 3.93. The number of amides is 2. The molecule has 3 N–H and O–H groups in total. The van der Waals surface area contributed by atoms with Gasteiger partial charge in [-0.1, -0.05) is 30.3 Å². The van der Waals surface area contributed by atoms with Crippen LogP contribution in [-0.2, 0) is 9.53 Å². The van der Waals surface area contributed by atoms with Crippen molar-refractivity contribution in [1.82, 2.24) is 5.32 Å². The molecule has 27 heavy (non-hydrogen) atoms. The smallest absolute Gasteiger partial charge is 0.413 e. The van der Waals surface area contributed by atoms with E-state index in [-0.39, 0.29) is 11.8 Å². The number of nitrogens with two attached hydrogens (primary N) is 1. The molecule has 0 unspecified atom stereocenters. The van der Waals surface area contributed by atoms with Crippen LogP contribution in [0, 0.1) is 0 Å². The first-order valence-corrected chi connectivity index (χ1v) is 8.24. The number of rotatable bonds is 7. The van der Waals surface area contributed by atoms with Crippen LogP contribution in [0.25, 0.3) is 0 Å². The van der Waals surface area contributed by atoms with Crippen LogP contribution in [0.1, 0.15) is 24.1 Å². The fourth-order valence-corrected chi connectivity index (χ4v) is 2.57. The van der Waals surface area contributed by atoms with E-state index in [2.05, 4.69) is 14.8 Å². The molecule has 2 rings (SSSR count). The number of hydrogen-bond acceptors (Lipinski definition) is 4. The second-order valence-corrected chi connectivity index (χ2v) is 5.80. The Morgan fingerprint density at radius 1 is 1.00 bits per heavy atom. The highest BCUT2D eigenvalue weighted by molar-refractivity contribution is 5.93. The number of alkyl carbamates (subject to hydrolysis) is 1. The fourth-order valence-electron chi connectivity index (χ4n) is 2.57. The van der Waals surface area contributed by atoms with Gasteiger partial charge >= 0.3 is 12.7 Å². The Kier molecular flexibility index (Phi) is 7.25. The average Bonchev–Trinajstić information content (AvgIpc) is 2.66. The van der Waals surface area contributed by atoms with E-state index in [1.54, 1.807) is 24.4 Å². The molecule has 2 atom stereocenters. The van der Waals surface area contributed by atoms with Crippen LogP contribution >= 0.6 is 0 Å². The summed E-state index contributed by atoms with van der Waals surface area (Å²) in [5, 5.41) is 3.91. The molecule has 0 aliphatic rings. The Morgan fingerprint density at radius 2 is 1.59 bits per heavy atom. The van der Waals surface area contributed by atoms with E-state index in [1.807, 2.05) is 30.3 Å². The molecule has 6 nitrogen and oxygen atoms in total. The number of benzene rings is 2. The van der Waals surface area contributed by atoms with Gasteiger partial charge in [-0.25, -0.2) is 4.79 Å². The molecule has 0 heterocycles. The van der Waals surface area contributed by atoms with Gasteiger partial charge in [0, 0.05) is 11.1 Å². The van der Waals surface area contributed by atoms with Gasteiger partial charge in [-0.2, -0.15) is 8.78 Å². The first-order valence-electron chi connectivity index (χ1n) is 8.24. The maximum absolute atomic E-state index is 12.3. The van der Waals surface area contributed by atoms with E-state index >= 15 is 0 Å². The van der Waals surface area contributed by atoms with Crippen molar-refractivity contribution in [2.24, 2.45) is 0 Å². The molecule has 0 saturated carbocycles. The monoisotopic (exact) mass is 379 g/mol. The zero-order valence-corrected chi connectivity index (χ0v) is 14.9. The third-order valence-corrected chi connectivity index (χ3v) is 3.93. The van der Waals surface area contributed by atoms with E-state index in [4.69, 9.17) is 0 Å². The second-order valence-electron chi connectivity index (χ2n) is 5.80. The lowest BCUT2D eigenvalue weighted by molar-refractivity contribution is -0.704. The van der Waals surface area contributed by atoms with E-state index in [1.165, 1.54) is 19.2 Å². The first-order chi connectivity index (χ1) is 12.9. The molecular formula is C19H21F2N2O4+. The summed E-state index contributed by atoms with van der Waals surface area (Å²) in [6.07, 6.45) is -0.829. The molecule has 0 radical (unpaired) electrons. The van der Waals surface area contributed by atoms with Gasteiger partial charge in [-0.05, 0) is 31.2 Å². The van der Waals surface area contributed by atoms with Crippen LogP contribution in [0.15, 0.2) is 54.6 Å². The van der Waals surface area contributed by atoms with Crippen LogP contribution in [0.4, 0.5) is 13.6 Å². The van der Waals surface area contributed by atoms with Gasteiger partial charge in [-0.15, -0.1) is 0 Å². The van der Waals surface area contributed by atoms with E-state index < -0.39 is 24.7 Å². The van der Waals surface area contributed by atoms with E-state index in [0.29, 0.717) is 0 Å². The standard InChI is InChI=1S/C19H20F2N2O4/c1-12(17(24)23-19(25)26-2)22-16(13-6-4-3-5-7-13)14-8-10-15(11-9-14)27-18(20)21/h3-12,16,18,22H,1-2H3,(H,23,24,25)/p+1/t12-,16+/m0/s1. The minimum Gasteiger partial charge on any atom is -0.453 e. The zero-order chi connectivity index (χ0) is 19.8. The number of carbonyl (C=O) groups is 2. The van der Waals surface area contributed by atoms with Crippen LogP contribution in [0.2, 0.25) is 0 Å². The van der Waals surface area contributed by atoms with Gasteiger partial charge in [-0.3, -0.25) is 10.1 Å². The normalized spacial score (nSPS) is 12.9. The Hall–Kier alpha value is -3.00. The van der Waals surface area contributed by atoms with Crippen molar-refractivity contribution >= 4 is 12.0 Å². The van der Waals surface area contributed by atoms with Crippen LogP contribution < -0.4 is 15.4 Å². The summed E-state index contributed by atoms with van der Waals surface area (Å²) in [7, 11) is 1.17. The summed E-state index contributed by atoms with van der Waals surface area (Å²) in [4.78, 5) is 23.4. The topological polar surface area (TPSA) is 81.2 Å². The predicted octanol–water partition coefficient (Wildman–Crippen LogP) is 2.21. The highest BCUT2D eigenvalue weighted by Crippen LogP contribution is 2.22. The summed E-state index contributed by atoms with van der Waals surface area (Å²) in [6, 6.07) is 14.7. The van der Waals surface area contributed by atoms with Crippen molar-refractivity contribution in [1.29, 1.82) is 0 Å². The zero-order valence-electron chi connectivity index (χ0n) is 14.9. The summed E-state index contributed by atoms with van der Waals surface area (Å²) >= 11 is 0. The number of quaternary nitrogens is 1. The maximum atomic E-state index is 12.3. The molecule has 2 aromatic rings. The Balaban J connectivity index is 2.22. The lowest BCUT2D eigenvalue weighted by Crippen LogP contribution is -2.92. The largest absolute Gasteiger partial charge is 0.453 e. The summed E-state index contributed by atoms with van der Waals surface area (Å²) in [5.41, 5.74) is 1.71. The van der Waals surface area contributed by atoms with E-state index in [0.717, 1.165) is 11.1 Å². The molecule has 0 fully saturated rings. The summed E-state index contributed by atoms with van der Waals surface area (Å²) < 4.78 is 33.5. The number of halogens is 2. The van der Waals surface area contributed by atoms with E-state index in [9.17, 15) is 18.4 Å². The first kappa shape index (κ1) is 20.3. The molecule has 0 aliphatic heterocycles. The van der Waals surface area contributed by atoms with Gasteiger partial charge < -0.3 is 14.8 Å². The molecule has 0 bridgehead atoms. The summed E-state index contributed by atoms with van der Waals surface area (Å²) in [6.45, 7) is -1.24. The van der Waals surface area contributed by atoms with Gasteiger partial charge in [0.05, 0.1) is 7.11 Å². The second kappa shape index (κ2) is 9.63. The maximum Gasteiger partial charge on any atom is 0.413 e. The molecule has 0 aromatic heterocycles. The van der Waals surface area contributed by atoms with Crippen LogP contribution in [-0.4, -0.2) is 31.8 Å². The van der Waals surface area contributed by atoms with Crippen LogP contribution in [0.3, 0.4) is 0 Å². The van der Waals surface area contributed by atoms with Crippen molar-refractivity contribution in [3.8, 4) is 5.75 Å². The van der Waals surface area contributed by atoms with Gasteiger partial charge in [0.2, 0.25) is 0 Å². The highest BCUT2D eigenvalue weighted by Gasteiger charge is 2.26. The van der Waals surface area contributed by atoms with Crippen molar-refractivity contribution in [3.05, 3.63) is 65.7 Å². The van der Waals surface area contributed by atoms with Crippen molar-refractivity contribution < 1.29 is 33.2 Å². The van der Waals surface area contributed by atoms with Gasteiger partial charge in [0.15, 0.2) is 6.04 Å². The quantitative estimate of drug-likeness (QED) is 0.773. The van der Waals surface area contributed by atoms with Crippen molar-refractivity contribution in [2.75, 3.05) is 7.11 Å². The number of hydrogen-bond donors (Lipinski definition) is 2. The van der Waals surface area contributed by atoms with Gasteiger partial charge in [0.25, 0.3) is 5.91 Å². The van der Waals surface area contributed by atoms with Crippen LogP contribution in [0.5, 0.6) is 5.75 Å². The molecular weight excluding hydrogens is 358 g/mol. The number of imide groups is 1. The Labute approximate surface area is 155 Å². The molecule has 2 aromatic carbocycles. The molecule has 2 amide bonds. The predicted molar refractivity (Wildman–Crippen MR) is 93.3 cm³/mol. The lowest BCUT2D eigenvalue weighted by atomic mass is 9.97. The number of carbonyl (C=O) groups excluding carboxylic acids is 2. The number of nitrogens with one attached hydrogen (secondary N) is 1.